The van der Waals surface area contributed by atoms with E-state index in [9.17, 15) is 9.18 Å². The van der Waals surface area contributed by atoms with Crippen LogP contribution >= 0.6 is 0 Å². The lowest BCUT2D eigenvalue weighted by atomic mass is 10.4. The van der Waals surface area contributed by atoms with Crippen molar-refractivity contribution in [3.05, 3.63) is 0 Å². The van der Waals surface area contributed by atoms with Gasteiger partial charge in [0, 0.05) is 13.1 Å². The summed E-state index contributed by atoms with van der Waals surface area (Å²) >= 11 is 0. The van der Waals surface area contributed by atoms with Gasteiger partial charge in [-0.1, -0.05) is 0 Å². The van der Waals surface area contributed by atoms with Gasteiger partial charge in [0.05, 0.1) is 52.9 Å². The molecule has 0 fully saturated rings. The third kappa shape index (κ3) is 16.9. The first-order valence-corrected chi connectivity index (χ1v) is 6.78. The molecule has 1 amide bonds. The largest absolute Gasteiger partial charge is 0.465 e. The van der Waals surface area contributed by atoms with Gasteiger partial charge in [0.15, 0.2) is 0 Å². The Balaban J connectivity index is 3.01. The number of halogens is 1. The first kappa shape index (κ1) is 20.0. The molecule has 0 aliphatic carbocycles. The van der Waals surface area contributed by atoms with Crippen LogP contribution in [0.4, 0.5) is 9.18 Å². The third-order valence-corrected chi connectivity index (χ3v) is 2.19. The monoisotopic (exact) mass is 312 g/mol. The lowest BCUT2D eigenvalue weighted by Crippen LogP contribution is -2.25. The Hall–Kier alpha value is -1.00. The van der Waals surface area contributed by atoms with E-state index in [0.29, 0.717) is 46.2 Å². The minimum atomic E-state index is -1.13. The summed E-state index contributed by atoms with van der Waals surface area (Å²) in [7, 11) is 0. The van der Waals surface area contributed by atoms with E-state index in [2.05, 4.69) is 5.32 Å². The topological polar surface area (TPSA) is 112 Å². The number of ether oxygens (including phenoxy) is 4. The fourth-order valence-electron chi connectivity index (χ4n) is 1.17. The zero-order chi connectivity index (χ0) is 15.8. The van der Waals surface area contributed by atoms with Crippen LogP contribution in [0, 0.1) is 0 Å². The summed E-state index contributed by atoms with van der Waals surface area (Å²) in [6, 6.07) is 0. The summed E-state index contributed by atoms with van der Waals surface area (Å²) in [6.07, 6.45) is -2.19. The second-order valence-electron chi connectivity index (χ2n) is 3.98. The van der Waals surface area contributed by atoms with Crippen molar-refractivity contribution in [2.24, 2.45) is 5.73 Å². The number of carboxylic acid groups (broad SMARTS) is 1. The van der Waals surface area contributed by atoms with Crippen molar-refractivity contribution in [2.45, 2.75) is 6.17 Å². The third-order valence-electron chi connectivity index (χ3n) is 2.19. The minimum absolute atomic E-state index is 0.00949. The molecule has 0 aliphatic rings. The number of rotatable bonds is 15. The Labute approximate surface area is 123 Å². The number of nitrogens with one attached hydrogen (secondary N) is 1. The molecule has 9 heteroatoms. The molecule has 0 heterocycles. The molecule has 0 aromatic heterocycles. The SMILES string of the molecule is NCC(F)COCCOCCOCCOCCNC(=O)O. The van der Waals surface area contributed by atoms with Gasteiger partial charge < -0.3 is 35.1 Å². The van der Waals surface area contributed by atoms with Gasteiger partial charge in [0.2, 0.25) is 0 Å². The molecule has 0 saturated heterocycles. The summed E-state index contributed by atoms with van der Waals surface area (Å²) in [5.74, 6) is 0. The van der Waals surface area contributed by atoms with Gasteiger partial charge in [-0.15, -0.1) is 0 Å². The van der Waals surface area contributed by atoms with Crippen LogP contribution in [0.15, 0.2) is 0 Å². The molecule has 8 nitrogen and oxygen atoms in total. The van der Waals surface area contributed by atoms with Crippen LogP contribution < -0.4 is 11.1 Å². The predicted octanol–water partition coefficient (Wildman–Crippen LogP) is -0.383. The maximum Gasteiger partial charge on any atom is 0.404 e. The predicted molar refractivity (Wildman–Crippen MR) is 73.3 cm³/mol. The van der Waals surface area contributed by atoms with Crippen LogP contribution in [0.2, 0.25) is 0 Å². The van der Waals surface area contributed by atoms with Gasteiger partial charge in [0.25, 0.3) is 0 Å². The molecule has 0 bridgehead atoms. The maximum atomic E-state index is 12.6. The Morgan fingerprint density at radius 3 is 1.95 bits per heavy atom. The Bertz CT molecular complexity index is 248. The highest BCUT2D eigenvalue weighted by Gasteiger charge is 2.02. The summed E-state index contributed by atoms with van der Waals surface area (Å²) in [5, 5.41) is 10.5. The smallest absolute Gasteiger partial charge is 0.404 e. The maximum absolute atomic E-state index is 12.6. The lowest BCUT2D eigenvalue weighted by molar-refractivity contribution is -0.00711. The van der Waals surface area contributed by atoms with E-state index in [1.54, 1.807) is 0 Å². The molecular formula is C12H25FN2O6. The number of nitrogens with two attached hydrogens (primary N) is 1. The summed E-state index contributed by atoms with van der Waals surface area (Å²) in [4.78, 5) is 10.1. The Morgan fingerprint density at radius 2 is 1.48 bits per heavy atom. The first-order valence-electron chi connectivity index (χ1n) is 6.78. The number of hydrogen-bond acceptors (Lipinski definition) is 6. The van der Waals surface area contributed by atoms with Gasteiger partial charge in [0.1, 0.15) is 6.17 Å². The summed E-state index contributed by atoms with van der Waals surface area (Å²) in [6.45, 7) is 2.84. The van der Waals surface area contributed by atoms with Crippen LogP contribution in [0.3, 0.4) is 0 Å². The van der Waals surface area contributed by atoms with Gasteiger partial charge in [-0.05, 0) is 0 Å². The van der Waals surface area contributed by atoms with E-state index in [1.807, 2.05) is 0 Å². The first-order chi connectivity index (χ1) is 10.2. The van der Waals surface area contributed by atoms with E-state index in [0.717, 1.165) is 0 Å². The summed E-state index contributed by atoms with van der Waals surface area (Å²) in [5.41, 5.74) is 5.09. The van der Waals surface area contributed by atoms with E-state index in [-0.39, 0.29) is 19.7 Å². The number of amides is 1. The van der Waals surface area contributed by atoms with Crippen molar-refractivity contribution >= 4 is 6.09 Å². The molecule has 126 valence electrons. The fourth-order valence-corrected chi connectivity index (χ4v) is 1.17. The van der Waals surface area contributed by atoms with Crippen molar-refractivity contribution < 1.29 is 33.2 Å². The van der Waals surface area contributed by atoms with Gasteiger partial charge in [-0.3, -0.25) is 0 Å². The molecule has 21 heavy (non-hydrogen) atoms. The highest BCUT2D eigenvalue weighted by atomic mass is 19.1. The van der Waals surface area contributed by atoms with Crippen molar-refractivity contribution in [1.82, 2.24) is 5.32 Å². The van der Waals surface area contributed by atoms with E-state index in [4.69, 9.17) is 29.8 Å². The van der Waals surface area contributed by atoms with Crippen LogP contribution in [-0.2, 0) is 18.9 Å². The Kier molecular flexibility index (Phi) is 14.7. The van der Waals surface area contributed by atoms with Gasteiger partial charge >= 0.3 is 6.09 Å². The van der Waals surface area contributed by atoms with Crippen molar-refractivity contribution in [2.75, 3.05) is 65.9 Å². The molecule has 0 saturated carbocycles. The van der Waals surface area contributed by atoms with Crippen LogP contribution in [-0.4, -0.2) is 83.3 Å². The van der Waals surface area contributed by atoms with Crippen molar-refractivity contribution in [3.8, 4) is 0 Å². The fraction of sp³-hybridized carbons (Fsp3) is 0.917. The second kappa shape index (κ2) is 15.4. The molecule has 0 rings (SSSR count). The molecule has 0 aliphatic heterocycles. The van der Waals surface area contributed by atoms with Crippen LogP contribution in [0.5, 0.6) is 0 Å². The average Bonchev–Trinajstić information content (AvgIpc) is 2.46. The van der Waals surface area contributed by atoms with Crippen molar-refractivity contribution in [3.63, 3.8) is 0 Å². The van der Waals surface area contributed by atoms with E-state index in [1.165, 1.54) is 0 Å². The number of alkyl halides is 1. The van der Waals surface area contributed by atoms with Crippen molar-refractivity contribution in [1.29, 1.82) is 0 Å². The second-order valence-corrected chi connectivity index (χ2v) is 3.98. The molecule has 0 radical (unpaired) electrons. The normalized spacial score (nSPS) is 12.3. The Morgan fingerprint density at radius 1 is 1.00 bits per heavy atom. The molecule has 1 atom stereocenters. The molecular weight excluding hydrogens is 287 g/mol. The molecule has 0 aromatic rings. The highest BCUT2D eigenvalue weighted by Crippen LogP contribution is 1.89. The molecule has 0 spiro atoms. The zero-order valence-corrected chi connectivity index (χ0v) is 12.1. The quantitative estimate of drug-likeness (QED) is 0.353. The van der Waals surface area contributed by atoms with Crippen LogP contribution in [0.25, 0.3) is 0 Å². The van der Waals surface area contributed by atoms with E-state index >= 15 is 0 Å². The minimum Gasteiger partial charge on any atom is -0.465 e. The zero-order valence-electron chi connectivity index (χ0n) is 12.1. The lowest BCUT2D eigenvalue weighted by Gasteiger charge is -2.08. The van der Waals surface area contributed by atoms with Gasteiger partial charge in [-0.25, -0.2) is 9.18 Å². The number of carbonyl (C=O) groups is 1. The molecule has 4 N–H and O–H groups in total. The molecule has 0 aromatic carbocycles. The molecule has 1 unspecified atom stereocenters. The van der Waals surface area contributed by atoms with Crippen LogP contribution in [0.1, 0.15) is 0 Å². The average molecular weight is 312 g/mol. The standard InChI is InChI=1S/C12H25FN2O6/c13-11(9-14)10-21-8-7-20-6-5-19-4-3-18-2-1-15-12(16)17/h11,15H,1-10,14H2,(H,16,17). The summed E-state index contributed by atoms with van der Waals surface area (Å²) < 4.78 is 33.2. The number of hydrogen-bond donors (Lipinski definition) is 3. The highest BCUT2D eigenvalue weighted by molar-refractivity contribution is 5.64. The van der Waals surface area contributed by atoms with E-state index < -0.39 is 12.3 Å². The van der Waals surface area contributed by atoms with Gasteiger partial charge in [-0.2, -0.15) is 0 Å².